The molecule has 2 amide bonds. The summed E-state index contributed by atoms with van der Waals surface area (Å²) in [5.74, 6) is -0.808. The summed E-state index contributed by atoms with van der Waals surface area (Å²) in [5.41, 5.74) is 8.79. The van der Waals surface area contributed by atoms with Crippen LogP contribution in [0.4, 0.5) is 21.0 Å². The van der Waals surface area contributed by atoms with Gasteiger partial charge < -0.3 is 25.8 Å². The molecule has 1 fully saturated rings. The quantitative estimate of drug-likeness (QED) is 0.282. The van der Waals surface area contributed by atoms with Gasteiger partial charge in [-0.3, -0.25) is 9.59 Å². The molecule has 0 saturated carbocycles. The second-order valence-corrected chi connectivity index (χ2v) is 11.8. The van der Waals surface area contributed by atoms with Crippen LogP contribution in [-0.2, 0) is 9.59 Å². The van der Waals surface area contributed by atoms with Crippen LogP contribution in [0.15, 0.2) is 30.9 Å². The number of anilines is 3. The summed E-state index contributed by atoms with van der Waals surface area (Å²) < 4.78 is 17.6. The minimum absolute atomic E-state index is 0.0105. The van der Waals surface area contributed by atoms with Crippen LogP contribution in [0.1, 0.15) is 17.5 Å². The zero-order valence-electron chi connectivity index (χ0n) is 24.0. The van der Waals surface area contributed by atoms with Crippen molar-refractivity contribution in [2.75, 3.05) is 62.8 Å². The normalized spacial score (nSPS) is 13.3. The number of nitrogens with zero attached hydrogens (tertiary/aromatic N) is 6. The van der Waals surface area contributed by atoms with Crippen molar-refractivity contribution in [3.05, 3.63) is 52.8 Å². The highest BCUT2D eigenvalue weighted by Crippen LogP contribution is 2.44. The lowest BCUT2D eigenvalue weighted by molar-refractivity contribution is -0.128. The number of aromatic nitrogens is 2. The largest absolute Gasteiger partial charge is 0.375 e. The van der Waals surface area contributed by atoms with Crippen molar-refractivity contribution in [2.45, 2.75) is 13.3 Å². The zero-order valence-corrected chi connectivity index (χ0v) is 25.6. The molecule has 0 aliphatic carbocycles. The van der Waals surface area contributed by atoms with Crippen LogP contribution >= 0.6 is 22.9 Å². The van der Waals surface area contributed by atoms with Gasteiger partial charge in [0.1, 0.15) is 23.0 Å². The van der Waals surface area contributed by atoms with Crippen molar-refractivity contribution in [1.29, 1.82) is 5.26 Å². The van der Waals surface area contributed by atoms with Crippen molar-refractivity contribution in [3.63, 3.8) is 0 Å². The zero-order chi connectivity index (χ0) is 31.0. The third-order valence-electron chi connectivity index (χ3n) is 7.50. The van der Waals surface area contributed by atoms with E-state index in [0.29, 0.717) is 53.5 Å². The number of hydrogen-bond donors (Lipinski definition) is 2. The van der Waals surface area contributed by atoms with E-state index in [4.69, 9.17) is 17.3 Å². The maximum Gasteiger partial charge on any atom is 0.246 e. The molecule has 1 aliphatic heterocycles. The first-order valence-corrected chi connectivity index (χ1v) is 14.8. The van der Waals surface area contributed by atoms with Gasteiger partial charge in [0.15, 0.2) is 10.9 Å². The number of thiazole rings is 1. The molecule has 13 heteroatoms. The minimum Gasteiger partial charge on any atom is -0.375 e. The van der Waals surface area contributed by atoms with Crippen molar-refractivity contribution in [2.24, 2.45) is 0 Å². The second kappa shape index (κ2) is 12.0. The number of hydrogen-bond acceptors (Lipinski definition) is 9. The molecule has 4 aromatic rings. The number of nitrogens with one attached hydrogen (secondary N) is 1. The molecule has 10 nitrogen and oxygen atoms in total. The molecule has 1 aliphatic rings. The molecule has 222 valence electrons. The standard InChI is InChI=1S/C30H30ClFN8O2S/c1-5-21(41)39-10-12-40(13-11-39)27-18-14-20(31)23(17-7-6-16(2)28-26(17)37-30(34)43-28)24(32)25(18)36-29(19(27)15-33)35-9-8-22(42)38(3)4/h5-7,14H,1,8-13H2,2-4H3,(H2,34,37)(H,35,36). The van der Waals surface area contributed by atoms with Gasteiger partial charge in [-0.25, -0.2) is 14.4 Å². The summed E-state index contributed by atoms with van der Waals surface area (Å²) in [6, 6.07) is 7.49. The lowest BCUT2D eigenvalue weighted by Crippen LogP contribution is -2.48. The van der Waals surface area contributed by atoms with Crippen LogP contribution in [0.5, 0.6) is 0 Å². The van der Waals surface area contributed by atoms with E-state index >= 15 is 4.39 Å². The smallest absolute Gasteiger partial charge is 0.246 e. The van der Waals surface area contributed by atoms with Gasteiger partial charge in [0.2, 0.25) is 11.8 Å². The van der Waals surface area contributed by atoms with Crippen molar-refractivity contribution >= 4 is 72.5 Å². The van der Waals surface area contributed by atoms with E-state index in [-0.39, 0.29) is 52.3 Å². The fraction of sp³-hybridized carbons (Fsp3) is 0.300. The Bertz CT molecular complexity index is 1830. The molecular weight excluding hydrogens is 591 g/mol. The van der Waals surface area contributed by atoms with Gasteiger partial charge in [0.25, 0.3) is 0 Å². The first-order valence-electron chi connectivity index (χ1n) is 13.6. The molecule has 1 saturated heterocycles. The number of carbonyl (C=O) groups excluding carboxylic acids is 2. The van der Waals surface area contributed by atoms with Crippen molar-refractivity contribution in [1.82, 2.24) is 19.8 Å². The van der Waals surface area contributed by atoms with E-state index in [1.807, 2.05) is 17.9 Å². The monoisotopic (exact) mass is 620 g/mol. The molecule has 5 rings (SSSR count). The molecule has 0 atom stereocenters. The summed E-state index contributed by atoms with van der Waals surface area (Å²) in [4.78, 5) is 38.5. The van der Waals surface area contributed by atoms with Crippen LogP contribution in [0.3, 0.4) is 0 Å². The van der Waals surface area contributed by atoms with Crippen LogP contribution in [0.2, 0.25) is 5.02 Å². The van der Waals surface area contributed by atoms with E-state index in [2.05, 4.69) is 27.9 Å². The Morgan fingerprint density at radius 3 is 2.63 bits per heavy atom. The number of benzene rings is 2. The third kappa shape index (κ3) is 5.53. The number of carbonyl (C=O) groups is 2. The molecule has 3 N–H and O–H groups in total. The Balaban J connectivity index is 1.70. The number of pyridine rings is 1. The van der Waals surface area contributed by atoms with Gasteiger partial charge in [-0.15, -0.1) is 0 Å². The summed E-state index contributed by atoms with van der Waals surface area (Å²) in [7, 11) is 3.32. The first kappa shape index (κ1) is 30.0. The maximum atomic E-state index is 16.7. The molecular formula is C30H30ClFN8O2S. The number of rotatable bonds is 7. The fourth-order valence-corrected chi connectivity index (χ4v) is 6.39. The average Bonchev–Trinajstić information content (AvgIpc) is 3.39. The van der Waals surface area contributed by atoms with E-state index < -0.39 is 5.82 Å². The molecule has 2 aromatic heterocycles. The Labute approximate surface area is 257 Å². The lowest BCUT2D eigenvalue weighted by atomic mass is 9.98. The molecule has 0 radical (unpaired) electrons. The highest BCUT2D eigenvalue weighted by molar-refractivity contribution is 7.22. The number of nitriles is 1. The Kier molecular flexibility index (Phi) is 8.39. The highest BCUT2D eigenvalue weighted by Gasteiger charge is 2.29. The van der Waals surface area contributed by atoms with Crippen molar-refractivity contribution < 1.29 is 14.0 Å². The van der Waals surface area contributed by atoms with Crippen LogP contribution in [0.25, 0.3) is 32.2 Å². The Morgan fingerprint density at radius 1 is 1.26 bits per heavy atom. The second-order valence-electron chi connectivity index (χ2n) is 10.4. The van der Waals surface area contributed by atoms with E-state index in [1.165, 1.54) is 22.3 Å². The number of halogens is 2. The first-order chi connectivity index (χ1) is 20.5. The Morgan fingerprint density at radius 2 is 1.98 bits per heavy atom. The van der Waals surface area contributed by atoms with Gasteiger partial charge in [-0.05, 0) is 24.6 Å². The number of aryl methyl sites for hydroxylation is 1. The topological polar surface area (TPSA) is 131 Å². The summed E-state index contributed by atoms with van der Waals surface area (Å²) in [5, 5.41) is 14.3. The van der Waals surface area contributed by atoms with Gasteiger partial charge >= 0.3 is 0 Å². The number of fused-ring (bicyclic) bond motifs is 2. The van der Waals surface area contributed by atoms with E-state index in [9.17, 15) is 14.9 Å². The molecule has 3 heterocycles. The van der Waals surface area contributed by atoms with Crippen LogP contribution in [0, 0.1) is 24.1 Å². The number of piperazine rings is 1. The fourth-order valence-electron chi connectivity index (χ4n) is 5.26. The third-order valence-corrected chi connectivity index (χ3v) is 8.81. The SMILES string of the molecule is C=CC(=O)N1CCN(c2c(C#N)c(NCCC(=O)N(C)C)nc3c(F)c(-c4ccc(C)c5sc(N)nc45)c(Cl)cc23)CC1. The number of nitrogen functional groups attached to an aromatic ring is 1. The summed E-state index contributed by atoms with van der Waals surface area (Å²) >= 11 is 8.14. The van der Waals surface area contributed by atoms with E-state index in [1.54, 1.807) is 31.1 Å². The van der Waals surface area contributed by atoms with Gasteiger partial charge in [-0.2, -0.15) is 5.26 Å². The van der Waals surface area contributed by atoms with Gasteiger partial charge in [-0.1, -0.05) is 41.6 Å². The molecule has 0 unspecified atom stereocenters. The Hall–Kier alpha value is -4.47. The van der Waals surface area contributed by atoms with Gasteiger partial charge in [0.05, 0.1) is 20.9 Å². The molecule has 43 heavy (non-hydrogen) atoms. The molecule has 2 aromatic carbocycles. The summed E-state index contributed by atoms with van der Waals surface area (Å²) in [6.45, 7) is 7.24. The lowest BCUT2D eigenvalue weighted by Gasteiger charge is -2.37. The number of nitrogens with two attached hydrogens (primary N) is 1. The number of amides is 2. The van der Waals surface area contributed by atoms with E-state index in [0.717, 1.165) is 10.3 Å². The molecule has 0 spiro atoms. The highest BCUT2D eigenvalue weighted by atomic mass is 35.5. The predicted octanol–water partition coefficient (Wildman–Crippen LogP) is 4.79. The minimum atomic E-state index is -0.669. The summed E-state index contributed by atoms with van der Waals surface area (Å²) in [6.07, 6.45) is 1.42. The van der Waals surface area contributed by atoms with Gasteiger partial charge in [0, 0.05) is 69.8 Å². The maximum absolute atomic E-state index is 16.7. The van der Waals surface area contributed by atoms with Crippen LogP contribution < -0.4 is 16.0 Å². The average molecular weight is 621 g/mol. The van der Waals surface area contributed by atoms with Crippen molar-refractivity contribution in [3.8, 4) is 17.2 Å². The predicted molar refractivity (Wildman–Crippen MR) is 170 cm³/mol. The molecule has 0 bridgehead atoms. The van der Waals surface area contributed by atoms with Crippen LogP contribution in [-0.4, -0.2) is 78.4 Å².